The smallest absolute Gasteiger partial charge is 0.194 e. The third kappa shape index (κ3) is 5.26. The summed E-state index contributed by atoms with van der Waals surface area (Å²) < 4.78 is 10.8. The highest BCUT2D eigenvalue weighted by Crippen LogP contribution is 2.25. The predicted molar refractivity (Wildman–Crippen MR) is 103 cm³/mol. The summed E-state index contributed by atoms with van der Waals surface area (Å²) >= 11 is 0. The lowest BCUT2D eigenvalue weighted by Gasteiger charge is -2.24. The molecular weight excluding hydrogens is 316 g/mol. The molecule has 1 unspecified atom stereocenters. The summed E-state index contributed by atoms with van der Waals surface area (Å²) in [6.07, 6.45) is 2.50. The number of ether oxygens (including phenoxy) is 2. The lowest BCUT2D eigenvalue weighted by Crippen LogP contribution is -2.39. The summed E-state index contributed by atoms with van der Waals surface area (Å²) in [4.78, 5) is 9.40. The Bertz CT molecular complexity index is 577. The summed E-state index contributed by atoms with van der Waals surface area (Å²) in [6, 6.07) is 6.48. The lowest BCUT2D eigenvalue weighted by molar-refractivity contribution is 0.316. The Morgan fingerprint density at radius 2 is 2.16 bits per heavy atom. The molecule has 0 amide bonds. The maximum Gasteiger partial charge on any atom is 0.194 e. The average Bonchev–Trinajstić information content (AvgIpc) is 3.03. The van der Waals surface area contributed by atoms with E-state index in [9.17, 15) is 0 Å². The topological polar surface area (TPSA) is 49.3 Å². The fraction of sp³-hybridized carbons (Fsp3) is 0.632. The molecule has 2 rings (SSSR count). The van der Waals surface area contributed by atoms with Gasteiger partial charge in [0.05, 0.1) is 20.8 Å². The van der Waals surface area contributed by atoms with Gasteiger partial charge in [-0.2, -0.15) is 0 Å². The van der Waals surface area contributed by atoms with Crippen LogP contribution in [0.3, 0.4) is 0 Å². The van der Waals surface area contributed by atoms with Gasteiger partial charge in [-0.1, -0.05) is 0 Å². The molecule has 6 heteroatoms. The maximum absolute atomic E-state index is 5.51. The van der Waals surface area contributed by atoms with Gasteiger partial charge >= 0.3 is 0 Å². The van der Waals surface area contributed by atoms with E-state index >= 15 is 0 Å². The molecule has 1 aromatic rings. The molecule has 0 bridgehead atoms. The molecule has 1 aliphatic heterocycles. The van der Waals surface area contributed by atoms with Gasteiger partial charge in [0.25, 0.3) is 0 Å². The van der Waals surface area contributed by atoms with Crippen molar-refractivity contribution < 1.29 is 9.47 Å². The monoisotopic (exact) mass is 348 g/mol. The van der Waals surface area contributed by atoms with Crippen molar-refractivity contribution in [2.75, 3.05) is 47.9 Å². The second-order valence-electron chi connectivity index (χ2n) is 6.51. The fourth-order valence-electron chi connectivity index (χ4n) is 3.18. The standard InChI is InChI=1S/C19H32N4O2/c1-6-20-19(21-13-16-8-7-11-22(16)2)23(3)14-15-9-10-17(24-4)12-18(15)25-5/h9-10,12,16H,6-8,11,13-14H2,1-5H3,(H,20,21). The maximum atomic E-state index is 5.51. The number of nitrogens with one attached hydrogen (secondary N) is 1. The van der Waals surface area contributed by atoms with Gasteiger partial charge < -0.3 is 24.6 Å². The molecule has 0 aromatic heterocycles. The van der Waals surface area contributed by atoms with Gasteiger partial charge in [-0.25, -0.2) is 0 Å². The van der Waals surface area contributed by atoms with Crippen LogP contribution in [-0.2, 0) is 6.54 Å². The zero-order valence-corrected chi connectivity index (χ0v) is 16.2. The summed E-state index contributed by atoms with van der Waals surface area (Å²) in [7, 11) is 7.60. The third-order valence-electron chi connectivity index (χ3n) is 4.72. The first-order valence-electron chi connectivity index (χ1n) is 8.99. The number of methoxy groups -OCH3 is 2. The lowest BCUT2D eigenvalue weighted by atomic mass is 10.2. The first kappa shape index (κ1) is 19.4. The first-order chi connectivity index (χ1) is 12.1. The highest BCUT2D eigenvalue weighted by Gasteiger charge is 2.20. The van der Waals surface area contributed by atoms with Gasteiger partial charge in [-0.15, -0.1) is 0 Å². The summed E-state index contributed by atoms with van der Waals surface area (Å²) in [5, 5.41) is 3.39. The largest absolute Gasteiger partial charge is 0.497 e. The van der Waals surface area contributed by atoms with E-state index in [0.29, 0.717) is 6.04 Å². The molecule has 1 heterocycles. The van der Waals surface area contributed by atoms with Gasteiger partial charge in [-0.05, 0) is 45.5 Å². The van der Waals surface area contributed by atoms with Gasteiger partial charge in [0, 0.05) is 37.8 Å². The number of nitrogens with zero attached hydrogens (tertiary/aromatic N) is 3. The molecule has 1 saturated heterocycles. The molecule has 0 saturated carbocycles. The molecule has 25 heavy (non-hydrogen) atoms. The molecule has 0 aliphatic carbocycles. The van der Waals surface area contributed by atoms with Crippen LogP contribution in [0.5, 0.6) is 11.5 Å². The quantitative estimate of drug-likeness (QED) is 0.605. The fourth-order valence-corrected chi connectivity index (χ4v) is 3.18. The van der Waals surface area contributed by atoms with Crippen molar-refractivity contribution in [3.63, 3.8) is 0 Å². The minimum Gasteiger partial charge on any atom is -0.497 e. The van der Waals surface area contributed by atoms with Crippen molar-refractivity contribution in [3.05, 3.63) is 23.8 Å². The van der Waals surface area contributed by atoms with Crippen LogP contribution in [0.15, 0.2) is 23.2 Å². The third-order valence-corrected chi connectivity index (χ3v) is 4.72. The first-order valence-corrected chi connectivity index (χ1v) is 8.99. The van der Waals surface area contributed by atoms with Crippen molar-refractivity contribution >= 4 is 5.96 Å². The molecule has 1 fully saturated rings. The van der Waals surface area contributed by atoms with Crippen LogP contribution >= 0.6 is 0 Å². The Labute approximate surface area is 151 Å². The molecular formula is C19H32N4O2. The normalized spacial score (nSPS) is 18.3. The van der Waals surface area contributed by atoms with Crippen LogP contribution in [0.2, 0.25) is 0 Å². The number of guanidine groups is 1. The van der Waals surface area contributed by atoms with Crippen LogP contribution in [-0.4, -0.2) is 69.8 Å². The summed E-state index contributed by atoms with van der Waals surface area (Å²) in [6.45, 7) is 5.68. The Morgan fingerprint density at radius 1 is 1.36 bits per heavy atom. The SMILES string of the molecule is CCNC(=NCC1CCCN1C)N(C)Cc1ccc(OC)cc1OC. The Hall–Kier alpha value is -1.95. The minimum atomic E-state index is 0.553. The van der Waals surface area contributed by atoms with E-state index in [2.05, 4.69) is 36.1 Å². The zero-order chi connectivity index (χ0) is 18.2. The van der Waals surface area contributed by atoms with E-state index in [-0.39, 0.29) is 0 Å². The van der Waals surface area contributed by atoms with Crippen LogP contribution in [0.1, 0.15) is 25.3 Å². The summed E-state index contributed by atoms with van der Waals surface area (Å²) in [5.41, 5.74) is 1.11. The average molecular weight is 348 g/mol. The Kier molecular flexibility index (Phi) is 7.37. The molecule has 0 radical (unpaired) electrons. The number of aliphatic imine (C=N–C) groups is 1. The van der Waals surface area contributed by atoms with Crippen molar-refractivity contribution in [1.29, 1.82) is 0 Å². The van der Waals surface area contributed by atoms with E-state index in [4.69, 9.17) is 14.5 Å². The van der Waals surface area contributed by atoms with E-state index in [0.717, 1.165) is 42.7 Å². The molecule has 1 N–H and O–H groups in total. The molecule has 1 aliphatic rings. The number of hydrogen-bond donors (Lipinski definition) is 1. The Balaban J connectivity index is 2.07. The molecule has 6 nitrogen and oxygen atoms in total. The number of likely N-dealkylation sites (tertiary alicyclic amines) is 1. The van der Waals surface area contributed by atoms with Gasteiger partial charge in [-0.3, -0.25) is 4.99 Å². The van der Waals surface area contributed by atoms with Gasteiger partial charge in [0.1, 0.15) is 11.5 Å². The zero-order valence-electron chi connectivity index (χ0n) is 16.2. The van der Waals surface area contributed by atoms with Crippen LogP contribution in [0.4, 0.5) is 0 Å². The second-order valence-corrected chi connectivity index (χ2v) is 6.51. The molecule has 140 valence electrons. The van der Waals surface area contributed by atoms with E-state index < -0.39 is 0 Å². The molecule has 1 atom stereocenters. The highest BCUT2D eigenvalue weighted by atomic mass is 16.5. The number of hydrogen-bond acceptors (Lipinski definition) is 4. The predicted octanol–water partition coefficient (Wildman–Crippen LogP) is 2.20. The van der Waals surface area contributed by atoms with Crippen molar-refractivity contribution in [2.24, 2.45) is 4.99 Å². The van der Waals surface area contributed by atoms with E-state index in [1.807, 2.05) is 18.2 Å². The number of benzene rings is 1. The van der Waals surface area contributed by atoms with Crippen LogP contribution in [0.25, 0.3) is 0 Å². The van der Waals surface area contributed by atoms with Crippen molar-refractivity contribution in [1.82, 2.24) is 15.1 Å². The summed E-state index contributed by atoms with van der Waals surface area (Å²) in [5.74, 6) is 2.56. The van der Waals surface area contributed by atoms with Crippen molar-refractivity contribution in [3.8, 4) is 11.5 Å². The van der Waals surface area contributed by atoms with Gasteiger partial charge in [0.2, 0.25) is 0 Å². The van der Waals surface area contributed by atoms with Crippen LogP contribution < -0.4 is 14.8 Å². The van der Waals surface area contributed by atoms with E-state index in [1.165, 1.54) is 19.4 Å². The highest BCUT2D eigenvalue weighted by molar-refractivity contribution is 5.79. The number of rotatable bonds is 7. The minimum absolute atomic E-state index is 0.553. The molecule has 0 spiro atoms. The van der Waals surface area contributed by atoms with Crippen molar-refractivity contribution in [2.45, 2.75) is 32.4 Å². The van der Waals surface area contributed by atoms with Crippen LogP contribution in [0, 0.1) is 0 Å². The molecule has 1 aromatic carbocycles. The van der Waals surface area contributed by atoms with E-state index in [1.54, 1.807) is 14.2 Å². The second kappa shape index (κ2) is 9.51. The van der Waals surface area contributed by atoms with Gasteiger partial charge in [0.15, 0.2) is 5.96 Å². The number of likely N-dealkylation sites (N-methyl/N-ethyl adjacent to an activating group) is 1. The Morgan fingerprint density at radius 3 is 2.76 bits per heavy atom.